The number of rotatable bonds is 3. The van der Waals surface area contributed by atoms with Crippen LogP contribution in [-0.2, 0) is 9.47 Å². The molecule has 0 aromatic heterocycles. The lowest BCUT2D eigenvalue weighted by atomic mass is 9.93. The molecule has 0 aliphatic carbocycles. The monoisotopic (exact) mass is 202 g/mol. The van der Waals surface area contributed by atoms with Crippen LogP contribution < -0.4 is 0 Å². The molecule has 0 radical (unpaired) electrons. The van der Waals surface area contributed by atoms with E-state index in [1.165, 1.54) is 0 Å². The Bertz CT molecular complexity index is 162. The van der Waals surface area contributed by atoms with E-state index in [4.69, 9.17) is 9.47 Å². The van der Waals surface area contributed by atoms with E-state index in [2.05, 4.69) is 20.8 Å². The Morgan fingerprint density at radius 2 is 2.14 bits per heavy atom. The fraction of sp³-hybridized carbons (Fsp3) is 1.00. The summed E-state index contributed by atoms with van der Waals surface area (Å²) in [5, 5.41) is 9.59. The van der Waals surface area contributed by atoms with Gasteiger partial charge in [-0.15, -0.1) is 0 Å². The molecule has 0 bridgehead atoms. The van der Waals surface area contributed by atoms with Gasteiger partial charge in [0.25, 0.3) is 0 Å². The van der Waals surface area contributed by atoms with E-state index in [9.17, 15) is 5.11 Å². The molecule has 1 aliphatic heterocycles. The SMILES string of the molecule is CC(C)(C)CCOC1COCCC1O. The van der Waals surface area contributed by atoms with Crippen LogP contribution in [0.25, 0.3) is 0 Å². The summed E-state index contributed by atoms with van der Waals surface area (Å²) in [6, 6.07) is 0. The van der Waals surface area contributed by atoms with Crippen LogP contribution in [0.15, 0.2) is 0 Å². The Kier molecular flexibility index (Phi) is 4.35. The number of hydrogen-bond acceptors (Lipinski definition) is 3. The minimum absolute atomic E-state index is 0.119. The molecule has 1 aliphatic rings. The van der Waals surface area contributed by atoms with Gasteiger partial charge >= 0.3 is 0 Å². The highest BCUT2D eigenvalue weighted by atomic mass is 16.5. The minimum atomic E-state index is -0.344. The maximum atomic E-state index is 9.59. The molecular formula is C11H22O3. The smallest absolute Gasteiger partial charge is 0.107 e. The third kappa shape index (κ3) is 4.40. The molecule has 3 heteroatoms. The predicted molar refractivity (Wildman–Crippen MR) is 55.3 cm³/mol. The van der Waals surface area contributed by atoms with Gasteiger partial charge in [0, 0.05) is 13.2 Å². The Hall–Kier alpha value is -0.120. The van der Waals surface area contributed by atoms with Crippen molar-refractivity contribution in [3.05, 3.63) is 0 Å². The maximum absolute atomic E-state index is 9.59. The first-order valence-corrected chi connectivity index (χ1v) is 5.36. The maximum Gasteiger partial charge on any atom is 0.107 e. The average molecular weight is 202 g/mol. The van der Waals surface area contributed by atoms with Crippen molar-refractivity contribution in [3.8, 4) is 0 Å². The first-order chi connectivity index (χ1) is 6.49. The molecule has 14 heavy (non-hydrogen) atoms. The first kappa shape index (κ1) is 12.0. The van der Waals surface area contributed by atoms with Gasteiger partial charge in [-0.25, -0.2) is 0 Å². The lowest BCUT2D eigenvalue weighted by Gasteiger charge is -2.29. The summed E-state index contributed by atoms with van der Waals surface area (Å²) in [6.07, 6.45) is 1.24. The molecule has 1 fully saturated rings. The molecule has 1 rings (SSSR count). The van der Waals surface area contributed by atoms with Gasteiger partial charge in [0.2, 0.25) is 0 Å². The van der Waals surface area contributed by atoms with Gasteiger partial charge in [0.1, 0.15) is 6.10 Å². The second-order valence-electron chi connectivity index (χ2n) is 5.15. The lowest BCUT2D eigenvalue weighted by molar-refractivity contribution is -0.120. The van der Waals surface area contributed by atoms with Crippen LogP contribution in [0.4, 0.5) is 0 Å². The molecule has 1 saturated heterocycles. The molecule has 1 N–H and O–H groups in total. The van der Waals surface area contributed by atoms with Crippen LogP contribution in [-0.4, -0.2) is 37.1 Å². The van der Waals surface area contributed by atoms with Gasteiger partial charge in [-0.2, -0.15) is 0 Å². The zero-order valence-corrected chi connectivity index (χ0v) is 9.45. The number of ether oxygens (including phenoxy) is 2. The summed E-state index contributed by atoms with van der Waals surface area (Å²) in [7, 11) is 0. The summed E-state index contributed by atoms with van der Waals surface area (Å²) < 4.78 is 10.8. The molecule has 0 saturated carbocycles. The van der Waals surface area contributed by atoms with Crippen molar-refractivity contribution in [2.75, 3.05) is 19.8 Å². The number of hydrogen-bond donors (Lipinski definition) is 1. The molecule has 1 heterocycles. The highest BCUT2D eigenvalue weighted by molar-refractivity contribution is 4.73. The summed E-state index contributed by atoms with van der Waals surface area (Å²) >= 11 is 0. The van der Waals surface area contributed by atoms with Crippen molar-refractivity contribution in [1.29, 1.82) is 0 Å². The standard InChI is InChI=1S/C11H22O3/c1-11(2,3)5-7-14-10-8-13-6-4-9(10)12/h9-10,12H,4-8H2,1-3H3. The van der Waals surface area contributed by atoms with Crippen LogP contribution in [0.3, 0.4) is 0 Å². The fourth-order valence-corrected chi connectivity index (χ4v) is 1.38. The highest BCUT2D eigenvalue weighted by Gasteiger charge is 2.24. The third-order valence-corrected chi connectivity index (χ3v) is 2.45. The van der Waals surface area contributed by atoms with Gasteiger partial charge in [0.15, 0.2) is 0 Å². The first-order valence-electron chi connectivity index (χ1n) is 5.36. The van der Waals surface area contributed by atoms with Crippen molar-refractivity contribution < 1.29 is 14.6 Å². The van der Waals surface area contributed by atoms with E-state index in [0.717, 1.165) is 6.42 Å². The van der Waals surface area contributed by atoms with E-state index < -0.39 is 0 Å². The van der Waals surface area contributed by atoms with Crippen molar-refractivity contribution in [2.24, 2.45) is 5.41 Å². The third-order valence-electron chi connectivity index (χ3n) is 2.45. The van der Waals surface area contributed by atoms with Crippen LogP contribution in [0, 0.1) is 5.41 Å². The Labute approximate surface area is 86.4 Å². The quantitative estimate of drug-likeness (QED) is 0.755. The van der Waals surface area contributed by atoms with Gasteiger partial charge in [-0.1, -0.05) is 20.8 Å². The van der Waals surface area contributed by atoms with E-state index in [1.807, 2.05) is 0 Å². The van der Waals surface area contributed by atoms with E-state index in [1.54, 1.807) is 0 Å². The number of aliphatic hydroxyl groups excluding tert-OH is 1. The van der Waals surface area contributed by atoms with Gasteiger partial charge < -0.3 is 14.6 Å². The van der Waals surface area contributed by atoms with E-state index in [-0.39, 0.29) is 12.2 Å². The molecular weight excluding hydrogens is 180 g/mol. The van der Waals surface area contributed by atoms with Crippen molar-refractivity contribution in [1.82, 2.24) is 0 Å². The van der Waals surface area contributed by atoms with Gasteiger partial charge in [0.05, 0.1) is 12.7 Å². The molecule has 3 nitrogen and oxygen atoms in total. The van der Waals surface area contributed by atoms with Crippen LogP contribution in [0.1, 0.15) is 33.6 Å². The number of aliphatic hydroxyl groups is 1. The van der Waals surface area contributed by atoms with Gasteiger partial charge in [-0.3, -0.25) is 0 Å². The van der Waals surface area contributed by atoms with Crippen LogP contribution in [0.2, 0.25) is 0 Å². The molecule has 0 spiro atoms. The molecule has 2 atom stereocenters. The summed E-state index contributed by atoms with van der Waals surface area (Å²) in [4.78, 5) is 0. The Morgan fingerprint density at radius 1 is 1.43 bits per heavy atom. The Balaban J connectivity index is 2.17. The fourth-order valence-electron chi connectivity index (χ4n) is 1.38. The predicted octanol–water partition coefficient (Wildman–Crippen LogP) is 1.59. The second-order valence-corrected chi connectivity index (χ2v) is 5.15. The molecule has 0 amide bonds. The largest absolute Gasteiger partial charge is 0.390 e. The van der Waals surface area contributed by atoms with Crippen molar-refractivity contribution in [2.45, 2.75) is 45.8 Å². The highest BCUT2D eigenvalue weighted by Crippen LogP contribution is 2.19. The summed E-state index contributed by atoms with van der Waals surface area (Å²) in [5.74, 6) is 0. The summed E-state index contributed by atoms with van der Waals surface area (Å²) in [6.45, 7) is 8.44. The van der Waals surface area contributed by atoms with Crippen LogP contribution >= 0.6 is 0 Å². The van der Waals surface area contributed by atoms with Gasteiger partial charge in [-0.05, 0) is 18.3 Å². The lowest BCUT2D eigenvalue weighted by Crippen LogP contribution is -2.39. The van der Waals surface area contributed by atoms with E-state index in [0.29, 0.717) is 31.7 Å². The zero-order valence-electron chi connectivity index (χ0n) is 9.45. The summed E-state index contributed by atoms with van der Waals surface area (Å²) in [5.41, 5.74) is 0.292. The zero-order chi connectivity index (χ0) is 10.6. The van der Waals surface area contributed by atoms with Crippen LogP contribution in [0.5, 0.6) is 0 Å². The molecule has 0 aromatic carbocycles. The molecule has 84 valence electrons. The topological polar surface area (TPSA) is 38.7 Å². The van der Waals surface area contributed by atoms with E-state index >= 15 is 0 Å². The Morgan fingerprint density at radius 3 is 2.71 bits per heavy atom. The second kappa shape index (κ2) is 5.10. The normalized spacial score (nSPS) is 29.1. The van der Waals surface area contributed by atoms with Crippen molar-refractivity contribution >= 4 is 0 Å². The minimum Gasteiger partial charge on any atom is -0.390 e. The average Bonchev–Trinajstić information content (AvgIpc) is 2.06. The molecule has 2 unspecified atom stereocenters. The van der Waals surface area contributed by atoms with Crippen molar-refractivity contribution in [3.63, 3.8) is 0 Å². The molecule has 0 aromatic rings.